The quantitative estimate of drug-likeness (QED) is 0.719. The van der Waals surface area contributed by atoms with Crippen LogP contribution in [0.3, 0.4) is 0 Å². The summed E-state index contributed by atoms with van der Waals surface area (Å²) in [5, 5.41) is 13.0. The van der Waals surface area contributed by atoms with Crippen LogP contribution in [0.5, 0.6) is 0 Å². The van der Waals surface area contributed by atoms with Crippen molar-refractivity contribution in [1.29, 1.82) is 0 Å². The number of halogens is 1. The van der Waals surface area contributed by atoms with Gasteiger partial charge in [0, 0.05) is 0 Å². The summed E-state index contributed by atoms with van der Waals surface area (Å²) < 4.78 is 5.10. The molecule has 4 nitrogen and oxygen atoms in total. The van der Waals surface area contributed by atoms with Gasteiger partial charge in [-0.25, -0.2) is 4.98 Å². The van der Waals surface area contributed by atoms with Crippen molar-refractivity contribution in [1.82, 2.24) is 4.98 Å². The fourth-order valence-corrected chi connectivity index (χ4v) is 1.52. The summed E-state index contributed by atoms with van der Waals surface area (Å²) in [5.74, 6) is 0.659. The average molecular weight is 215 g/mol. The van der Waals surface area contributed by atoms with E-state index in [1.54, 1.807) is 18.2 Å². The molecule has 1 saturated heterocycles. The molecule has 76 valence electrons. The zero-order valence-corrected chi connectivity index (χ0v) is 8.24. The maximum atomic E-state index is 9.47. The molecule has 1 aliphatic rings. The molecule has 5 heteroatoms. The second-order valence-corrected chi connectivity index (χ2v) is 3.59. The van der Waals surface area contributed by atoms with Crippen LogP contribution in [0, 0.1) is 0 Å². The van der Waals surface area contributed by atoms with E-state index in [2.05, 4.69) is 10.3 Å². The van der Waals surface area contributed by atoms with Crippen molar-refractivity contribution >= 4 is 17.4 Å². The van der Waals surface area contributed by atoms with Gasteiger partial charge >= 0.3 is 0 Å². The molecule has 0 aromatic carbocycles. The number of ether oxygens (including phenoxy) is 1. The van der Waals surface area contributed by atoms with Crippen LogP contribution >= 0.6 is 11.6 Å². The lowest BCUT2D eigenvalue weighted by molar-refractivity contribution is 0.125. The number of anilines is 1. The molecule has 0 bridgehead atoms. The molecule has 2 rings (SSSR count). The minimum atomic E-state index is -0.476. The van der Waals surface area contributed by atoms with E-state index < -0.39 is 6.10 Å². The molecule has 0 unspecified atom stereocenters. The van der Waals surface area contributed by atoms with Gasteiger partial charge in [0.1, 0.15) is 11.0 Å². The van der Waals surface area contributed by atoms with Crippen molar-refractivity contribution < 1.29 is 9.84 Å². The fourth-order valence-electron chi connectivity index (χ4n) is 1.36. The minimum Gasteiger partial charge on any atom is -0.388 e. The Bertz CT molecular complexity index is 321. The molecule has 1 aliphatic heterocycles. The normalized spacial score (nSPS) is 26.4. The van der Waals surface area contributed by atoms with Crippen LogP contribution in [0.4, 0.5) is 5.82 Å². The van der Waals surface area contributed by atoms with Gasteiger partial charge in [-0.15, -0.1) is 0 Å². The van der Waals surface area contributed by atoms with E-state index in [4.69, 9.17) is 16.3 Å². The van der Waals surface area contributed by atoms with Crippen LogP contribution in [0.2, 0.25) is 5.15 Å². The monoisotopic (exact) mass is 214 g/mol. The number of nitrogens with one attached hydrogen (secondary N) is 1. The highest BCUT2D eigenvalue weighted by atomic mass is 35.5. The van der Waals surface area contributed by atoms with Crippen molar-refractivity contribution in [2.75, 3.05) is 18.5 Å². The largest absolute Gasteiger partial charge is 0.388 e. The van der Waals surface area contributed by atoms with Crippen LogP contribution in [-0.4, -0.2) is 35.5 Å². The summed E-state index contributed by atoms with van der Waals surface area (Å²) in [6.45, 7) is 0.869. The molecule has 0 amide bonds. The predicted octanol–water partition coefficient (Wildman–Crippen LogP) is 0.907. The first kappa shape index (κ1) is 9.71. The van der Waals surface area contributed by atoms with E-state index in [-0.39, 0.29) is 6.04 Å². The van der Waals surface area contributed by atoms with Crippen molar-refractivity contribution in [3.8, 4) is 0 Å². The molecule has 2 N–H and O–H groups in total. The SMILES string of the molecule is O[C@@H]1COC[C@H]1Nc1cccc(Cl)n1. The van der Waals surface area contributed by atoms with E-state index in [9.17, 15) is 5.11 Å². The van der Waals surface area contributed by atoms with Gasteiger partial charge < -0.3 is 15.2 Å². The maximum absolute atomic E-state index is 9.47. The lowest BCUT2D eigenvalue weighted by Crippen LogP contribution is -2.32. The van der Waals surface area contributed by atoms with Crippen molar-refractivity contribution in [2.24, 2.45) is 0 Å². The first-order chi connectivity index (χ1) is 6.75. The zero-order valence-electron chi connectivity index (χ0n) is 7.48. The molecule has 2 atom stereocenters. The zero-order chi connectivity index (χ0) is 9.97. The van der Waals surface area contributed by atoms with E-state index in [1.807, 2.05) is 0 Å². The Hall–Kier alpha value is -0.840. The van der Waals surface area contributed by atoms with E-state index >= 15 is 0 Å². The standard InChI is InChI=1S/C9H11ClN2O2/c10-8-2-1-3-9(12-8)11-6-4-14-5-7(6)13/h1-3,6-7,13H,4-5H2,(H,11,12)/t6-,7-/m1/s1. The molecule has 14 heavy (non-hydrogen) atoms. The van der Waals surface area contributed by atoms with Gasteiger partial charge in [-0.2, -0.15) is 0 Å². The maximum Gasteiger partial charge on any atom is 0.131 e. The van der Waals surface area contributed by atoms with E-state index in [0.29, 0.717) is 24.2 Å². The number of hydrogen-bond donors (Lipinski definition) is 2. The molecular weight excluding hydrogens is 204 g/mol. The first-order valence-electron chi connectivity index (χ1n) is 4.40. The number of nitrogens with zero attached hydrogens (tertiary/aromatic N) is 1. The van der Waals surface area contributed by atoms with Gasteiger partial charge in [-0.1, -0.05) is 17.7 Å². The van der Waals surface area contributed by atoms with Gasteiger partial charge in [0.25, 0.3) is 0 Å². The third kappa shape index (κ3) is 2.15. The van der Waals surface area contributed by atoms with Gasteiger partial charge in [0.2, 0.25) is 0 Å². The van der Waals surface area contributed by atoms with Gasteiger partial charge in [0.05, 0.1) is 25.4 Å². The van der Waals surface area contributed by atoms with Crippen LogP contribution in [0.15, 0.2) is 18.2 Å². The summed E-state index contributed by atoms with van der Waals surface area (Å²) in [5.41, 5.74) is 0. The number of pyridine rings is 1. The highest BCUT2D eigenvalue weighted by molar-refractivity contribution is 6.29. The first-order valence-corrected chi connectivity index (χ1v) is 4.78. The van der Waals surface area contributed by atoms with Gasteiger partial charge in [-0.05, 0) is 12.1 Å². The number of aliphatic hydroxyl groups is 1. The van der Waals surface area contributed by atoms with Crippen LogP contribution in [-0.2, 0) is 4.74 Å². The number of hydrogen-bond acceptors (Lipinski definition) is 4. The Kier molecular flexibility index (Phi) is 2.86. The van der Waals surface area contributed by atoms with E-state index in [0.717, 1.165) is 0 Å². The van der Waals surface area contributed by atoms with E-state index in [1.165, 1.54) is 0 Å². The van der Waals surface area contributed by atoms with Gasteiger partial charge in [-0.3, -0.25) is 0 Å². The molecule has 0 saturated carbocycles. The van der Waals surface area contributed by atoms with Crippen molar-refractivity contribution in [2.45, 2.75) is 12.1 Å². The lowest BCUT2D eigenvalue weighted by Gasteiger charge is -2.14. The Morgan fingerprint density at radius 2 is 2.36 bits per heavy atom. The molecule has 0 spiro atoms. The lowest BCUT2D eigenvalue weighted by atomic mass is 10.2. The summed E-state index contributed by atoms with van der Waals surface area (Å²) in [6, 6.07) is 5.21. The van der Waals surface area contributed by atoms with Crippen molar-refractivity contribution in [3.63, 3.8) is 0 Å². The molecular formula is C9H11ClN2O2. The van der Waals surface area contributed by atoms with Crippen LogP contribution in [0.25, 0.3) is 0 Å². The molecule has 1 aromatic heterocycles. The Balaban J connectivity index is 2.03. The molecule has 2 heterocycles. The summed E-state index contributed by atoms with van der Waals surface area (Å²) >= 11 is 5.72. The summed E-state index contributed by atoms with van der Waals surface area (Å²) in [4.78, 5) is 4.06. The van der Waals surface area contributed by atoms with Crippen LogP contribution < -0.4 is 5.32 Å². The summed E-state index contributed by atoms with van der Waals surface area (Å²) in [7, 11) is 0. The Morgan fingerprint density at radius 3 is 3.00 bits per heavy atom. The number of aromatic nitrogens is 1. The fraction of sp³-hybridized carbons (Fsp3) is 0.444. The third-order valence-corrected chi connectivity index (χ3v) is 2.31. The second kappa shape index (κ2) is 4.13. The molecule has 1 aromatic rings. The predicted molar refractivity (Wildman–Crippen MR) is 53.5 cm³/mol. The Morgan fingerprint density at radius 1 is 1.50 bits per heavy atom. The molecule has 0 aliphatic carbocycles. The van der Waals surface area contributed by atoms with Crippen molar-refractivity contribution in [3.05, 3.63) is 23.4 Å². The molecule has 1 fully saturated rings. The smallest absolute Gasteiger partial charge is 0.131 e. The van der Waals surface area contributed by atoms with Crippen LogP contribution in [0.1, 0.15) is 0 Å². The number of rotatable bonds is 2. The Labute approximate surface area is 86.9 Å². The highest BCUT2D eigenvalue weighted by Crippen LogP contribution is 2.14. The van der Waals surface area contributed by atoms with Gasteiger partial charge in [0.15, 0.2) is 0 Å². The highest BCUT2D eigenvalue weighted by Gasteiger charge is 2.26. The third-order valence-electron chi connectivity index (χ3n) is 2.10. The number of aliphatic hydroxyl groups excluding tert-OH is 1. The summed E-state index contributed by atoms with van der Waals surface area (Å²) in [6.07, 6.45) is -0.476. The molecule has 0 radical (unpaired) electrons. The topological polar surface area (TPSA) is 54.4 Å². The average Bonchev–Trinajstić information content (AvgIpc) is 2.52. The second-order valence-electron chi connectivity index (χ2n) is 3.20. The minimum absolute atomic E-state index is 0.0963.